The second kappa shape index (κ2) is 5.95. The van der Waals surface area contributed by atoms with Crippen molar-refractivity contribution >= 4 is 28.7 Å². The molecule has 3 N–H and O–H groups in total. The van der Waals surface area contributed by atoms with Crippen LogP contribution in [0.1, 0.15) is 12.2 Å². The van der Waals surface area contributed by atoms with Crippen molar-refractivity contribution in [3.63, 3.8) is 0 Å². The molecule has 0 fully saturated rings. The highest BCUT2D eigenvalue weighted by molar-refractivity contribution is 5.89. The molecule has 0 atom stereocenters. The molecule has 0 radical (unpaired) electrons. The summed E-state index contributed by atoms with van der Waals surface area (Å²) in [5.74, 6) is 0.494. The fourth-order valence-corrected chi connectivity index (χ4v) is 2.62. The van der Waals surface area contributed by atoms with Crippen LogP contribution in [0.4, 0.5) is 5.95 Å². The van der Waals surface area contributed by atoms with Gasteiger partial charge in [-0.25, -0.2) is 9.78 Å². The van der Waals surface area contributed by atoms with Crippen molar-refractivity contribution in [1.29, 1.82) is 0 Å². The normalized spacial score (nSPS) is 11.3. The van der Waals surface area contributed by atoms with Crippen molar-refractivity contribution in [2.45, 2.75) is 12.8 Å². The van der Waals surface area contributed by atoms with Crippen molar-refractivity contribution in [2.24, 2.45) is 7.05 Å². The summed E-state index contributed by atoms with van der Waals surface area (Å²) in [5.41, 5.74) is -0.0120. The third kappa shape index (κ3) is 2.64. The maximum atomic E-state index is 12.2. The van der Waals surface area contributed by atoms with E-state index < -0.39 is 11.2 Å². The molecule has 0 unspecified atom stereocenters. The molecule has 0 aromatic carbocycles. The van der Waals surface area contributed by atoms with Crippen LogP contribution in [-0.2, 0) is 18.3 Å². The van der Waals surface area contributed by atoms with Gasteiger partial charge in [0.25, 0.3) is 5.56 Å². The van der Waals surface area contributed by atoms with Crippen LogP contribution in [0.5, 0.6) is 0 Å². The molecule has 1 amide bonds. The number of fused-ring (bicyclic) bond motifs is 2. The first kappa shape index (κ1) is 15.7. The summed E-state index contributed by atoms with van der Waals surface area (Å²) < 4.78 is 2.90. The molecule has 4 heterocycles. The molecule has 4 aromatic heterocycles. The Balaban J connectivity index is 1.50. The zero-order valence-electron chi connectivity index (χ0n) is 13.7. The van der Waals surface area contributed by atoms with Gasteiger partial charge in [-0.15, -0.1) is 10.2 Å². The first-order valence-corrected chi connectivity index (χ1v) is 7.80. The van der Waals surface area contributed by atoms with E-state index in [1.165, 1.54) is 11.6 Å². The van der Waals surface area contributed by atoms with Gasteiger partial charge < -0.3 is 4.98 Å². The number of anilines is 1. The Morgan fingerprint density at radius 1 is 1.23 bits per heavy atom. The lowest BCUT2D eigenvalue weighted by atomic mass is 10.3. The van der Waals surface area contributed by atoms with E-state index in [2.05, 4.69) is 30.5 Å². The van der Waals surface area contributed by atoms with Crippen LogP contribution in [0.15, 0.2) is 34.0 Å². The van der Waals surface area contributed by atoms with Crippen molar-refractivity contribution in [3.05, 3.63) is 51.1 Å². The first-order chi connectivity index (χ1) is 12.5. The number of carbonyl (C=O) groups excluding carboxylic acids is 1. The number of rotatable bonds is 4. The van der Waals surface area contributed by atoms with Gasteiger partial charge in [-0.3, -0.25) is 28.9 Å². The molecule has 4 aromatic rings. The summed E-state index contributed by atoms with van der Waals surface area (Å²) in [7, 11) is 1.51. The fraction of sp³-hybridized carbons (Fsp3) is 0.200. The topological polar surface area (TPSA) is 143 Å². The SMILES string of the molecule is Cn1c(=O)[nH]c(=O)c2[nH]c(CCC(=O)Nc3nnc4ccccn34)nc21. The minimum absolute atomic E-state index is 0.118. The fourth-order valence-electron chi connectivity index (χ4n) is 2.62. The van der Waals surface area contributed by atoms with Crippen LogP contribution in [0.2, 0.25) is 0 Å². The van der Waals surface area contributed by atoms with Crippen LogP contribution in [-0.4, -0.2) is 40.0 Å². The van der Waals surface area contributed by atoms with Gasteiger partial charge in [0.1, 0.15) is 11.3 Å². The second-order valence-corrected chi connectivity index (χ2v) is 5.70. The van der Waals surface area contributed by atoms with Crippen LogP contribution in [0, 0.1) is 0 Å². The minimum atomic E-state index is -0.544. The van der Waals surface area contributed by atoms with E-state index in [0.29, 0.717) is 17.4 Å². The number of H-pyrrole nitrogens is 2. The smallest absolute Gasteiger partial charge is 0.329 e. The number of nitrogens with zero attached hydrogens (tertiary/aromatic N) is 5. The zero-order valence-corrected chi connectivity index (χ0v) is 13.7. The van der Waals surface area contributed by atoms with Crippen molar-refractivity contribution < 1.29 is 4.79 Å². The van der Waals surface area contributed by atoms with E-state index >= 15 is 0 Å². The molecule has 11 nitrogen and oxygen atoms in total. The Morgan fingerprint density at radius 3 is 2.92 bits per heavy atom. The van der Waals surface area contributed by atoms with E-state index in [1.54, 1.807) is 16.7 Å². The lowest BCUT2D eigenvalue weighted by Crippen LogP contribution is -2.28. The number of pyridine rings is 1. The number of hydrogen-bond donors (Lipinski definition) is 3. The lowest BCUT2D eigenvalue weighted by Gasteiger charge is -2.02. The van der Waals surface area contributed by atoms with Crippen LogP contribution in [0.25, 0.3) is 16.8 Å². The van der Waals surface area contributed by atoms with Crippen molar-refractivity contribution in [2.75, 3.05) is 5.32 Å². The van der Waals surface area contributed by atoms with Gasteiger partial charge in [0.15, 0.2) is 11.3 Å². The molecule has 11 heteroatoms. The summed E-state index contributed by atoms with van der Waals surface area (Å²) in [6.45, 7) is 0. The third-order valence-electron chi connectivity index (χ3n) is 3.96. The van der Waals surface area contributed by atoms with E-state index in [4.69, 9.17) is 0 Å². The number of aromatic amines is 2. The number of amides is 1. The Kier molecular flexibility index (Phi) is 3.60. The summed E-state index contributed by atoms with van der Waals surface area (Å²) in [4.78, 5) is 44.8. The first-order valence-electron chi connectivity index (χ1n) is 7.80. The van der Waals surface area contributed by atoms with E-state index in [1.807, 2.05) is 12.1 Å². The zero-order chi connectivity index (χ0) is 18.3. The molecular weight excluding hydrogens is 340 g/mol. The van der Waals surface area contributed by atoms with E-state index in [9.17, 15) is 14.4 Å². The van der Waals surface area contributed by atoms with E-state index in [-0.39, 0.29) is 29.9 Å². The highest BCUT2D eigenvalue weighted by atomic mass is 16.2. The highest BCUT2D eigenvalue weighted by Gasteiger charge is 2.13. The number of aromatic nitrogens is 7. The molecule has 26 heavy (non-hydrogen) atoms. The number of hydrogen-bond acceptors (Lipinski definition) is 6. The minimum Gasteiger partial charge on any atom is -0.336 e. The van der Waals surface area contributed by atoms with Crippen LogP contribution >= 0.6 is 0 Å². The van der Waals surface area contributed by atoms with Gasteiger partial charge in [0.05, 0.1) is 0 Å². The van der Waals surface area contributed by atoms with E-state index in [0.717, 1.165) is 0 Å². The molecule has 132 valence electrons. The molecule has 0 bridgehead atoms. The average molecular weight is 354 g/mol. The van der Waals surface area contributed by atoms with Gasteiger partial charge in [-0.05, 0) is 12.1 Å². The summed E-state index contributed by atoms with van der Waals surface area (Å²) in [5, 5.41) is 10.6. The Morgan fingerprint density at radius 2 is 2.08 bits per heavy atom. The van der Waals surface area contributed by atoms with Crippen LogP contribution < -0.4 is 16.6 Å². The number of imidazole rings is 1. The monoisotopic (exact) mass is 354 g/mol. The largest absolute Gasteiger partial charge is 0.336 e. The average Bonchev–Trinajstić information content (AvgIpc) is 3.23. The molecular formula is C15H14N8O3. The summed E-state index contributed by atoms with van der Waals surface area (Å²) in [6.07, 6.45) is 2.13. The van der Waals surface area contributed by atoms with Gasteiger partial charge in [-0.1, -0.05) is 6.07 Å². The third-order valence-corrected chi connectivity index (χ3v) is 3.96. The van der Waals surface area contributed by atoms with Gasteiger partial charge in [0.2, 0.25) is 11.9 Å². The molecule has 0 saturated carbocycles. The summed E-state index contributed by atoms with van der Waals surface area (Å²) in [6, 6.07) is 5.41. The maximum absolute atomic E-state index is 12.2. The Labute approximate surface area is 144 Å². The standard InChI is InChI=1S/C15H14N8O3/c1-22-12-11(13(25)19-15(22)26)16-8(17-12)5-6-10(24)18-14-21-20-9-4-2-3-7-23(9)14/h2-4,7H,5-6H2,1H3,(H,16,17)(H,18,21,24)(H,19,25,26). The molecule has 0 aliphatic rings. The molecule has 0 spiro atoms. The predicted molar refractivity (Wildman–Crippen MR) is 91.9 cm³/mol. The molecule has 0 aliphatic carbocycles. The summed E-state index contributed by atoms with van der Waals surface area (Å²) >= 11 is 0. The van der Waals surface area contributed by atoms with Crippen LogP contribution in [0.3, 0.4) is 0 Å². The van der Waals surface area contributed by atoms with Crippen molar-refractivity contribution in [1.82, 2.24) is 34.1 Å². The maximum Gasteiger partial charge on any atom is 0.329 e. The predicted octanol–water partition coefficient (Wildman–Crippen LogP) is -0.436. The number of carbonyl (C=O) groups is 1. The molecule has 0 aliphatic heterocycles. The highest BCUT2D eigenvalue weighted by Crippen LogP contribution is 2.09. The quantitative estimate of drug-likeness (QED) is 0.453. The van der Waals surface area contributed by atoms with Gasteiger partial charge >= 0.3 is 5.69 Å². The molecule has 4 rings (SSSR count). The molecule has 0 saturated heterocycles. The second-order valence-electron chi connectivity index (χ2n) is 5.70. The Bertz CT molecular complexity index is 1250. The number of aryl methyl sites for hydroxylation is 2. The Hall–Kier alpha value is -3.76. The number of nitrogens with one attached hydrogen (secondary N) is 3. The van der Waals surface area contributed by atoms with Crippen molar-refractivity contribution in [3.8, 4) is 0 Å². The lowest BCUT2D eigenvalue weighted by molar-refractivity contribution is -0.116. The van der Waals surface area contributed by atoms with Gasteiger partial charge in [-0.2, -0.15) is 0 Å². The van der Waals surface area contributed by atoms with Gasteiger partial charge in [0, 0.05) is 26.1 Å².